The lowest BCUT2D eigenvalue weighted by Crippen LogP contribution is -2.24. The zero-order chi connectivity index (χ0) is 14.5. The highest BCUT2D eigenvalue weighted by atomic mass is 32.2. The van der Waals surface area contributed by atoms with Gasteiger partial charge in [0.25, 0.3) is 5.91 Å². The second-order valence-corrected chi connectivity index (χ2v) is 6.48. The number of thiophene rings is 1. The largest absolute Gasteiger partial charge is 0.397 e. The van der Waals surface area contributed by atoms with E-state index in [2.05, 4.69) is 11.6 Å². The van der Waals surface area contributed by atoms with E-state index in [-0.39, 0.29) is 11.7 Å². The number of nitrogens with one attached hydrogen (secondary N) is 1. The number of carbonyl (C=O) groups is 1. The van der Waals surface area contributed by atoms with E-state index in [1.54, 1.807) is 17.8 Å². The summed E-state index contributed by atoms with van der Waals surface area (Å²) in [5.74, 6) is 0.583. The fourth-order valence-corrected chi connectivity index (χ4v) is 3.42. The molecule has 20 heavy (non-hydrogen) atoms. The number of carbonyl (C=O) groups excluding carboxylic acids is 1. The van der Waals surface area contributed by atoms with Crippen molar-refractivity contribution in [2.24, 2.45) is 0 Å². The molecule has 0 aliphatic heterocycles. The lowest BCUT2D eigenvalue weighted by atomic mass is 10.2. The summed E-state index contributed by atoms with van der Waals surface area (Å²) in [6.07, 6.45) is 4.09. The summed E-state index contributed by atoms with van der Waals surface area (Å²) in [5.41, 5.74) is 6.31. The number of amides is 1. The van der Waals surface area contributed by atoms with Crippen molar-refractivity contribution < 1.29 is 9.18 Å². The Balaban J connectivity index is 2.05. The van der Waals surface area contributed by atoms with Crippen molar-refractivity contribution in [1.82, 2.24) is 5.32 Å². The Morgan fingerprint density at radius 3 is 3.00 bits per heavy atom. The van der Waals surface area contributed by atoms with E-state index < -0.39 is 0 Å². The van der Waals surface area contributed by atoms with Crippen molar-refractivity contribution in [3.8, 4) is 0 Å². The predicted molar refractivity (Wildman–Crippen MR) is 86.1 cm³/mol. The van der Waals surface area contributed by atoms with Gasteiger partial charge in [0.1, 0.15) is 10.7 Å². The highest BCUT2D eigenvalue weighted by Crippen LogP contribution is 2.33. The maximum absolute atomic E-state index is 13.2. The second kappa shape index (κ2) is 6.95. The Hall–Kier alpha value is -1.27. The van der Waals surface area contributed by atoms with Gasteiger partial charge in [-0.1, -0.05) is 0 Å². The van der Waals surface area contributed by atoms with E-state index in [1.165, 1.54) is 23.5 Å². The summed E-state index contributed by atoms with van der Waals surface area (Å²) in [7, 11) is 0. The molecule has 0 spiro atoms. The summed E-state index contributed by atoms with van der Waals surface area (Å²) in [6.45, 7) is 0.640. The second-order valence-electron chi connectivity index (χ2n) is 4.44. The Labute approximate surface area is 125 Å². The first-order valence-electron chi connectivity index (χ1n) is 6.38. The topological polar surface area (TPSA) is 55.1 Å². The molecule has 0 aliphatic carbocycles. The van der Waals surface area contributed by atoms with Gasteiger partial charge < -0.3 is 11.1 Å². The first-order chi connectivity index (χ1) is 9.63. The highest BCUT2D eigenvalue weighted by Gasteiger charge is 2.16. The van der Waals surface area contributed by atoms with Gasteiger partial charge in [-0.15, -0.1) is 11.3 Å². The Bertz CT molecular complexity index is 612. The molecule has 2 aromatic rings. The van der Waals surface area contributed by atoms with Crippen LogP contribution in [0.2, 0.25) is 0 Å². The number of hydrogen-bond donors (Lipinski definition) is 2. The number of halogens is 1. The Morgan fingerprint density at radius 1 is 1.45 bits per heavy atom. The van der Waals surface area contributed by atoms with Crippen LogP contribution in [-0.4, -0.2) is 24.5 Å². The summed E-state index contributed by atoms with van der Waals surface area (Å²) in [5, 5.41) is 3.48. The number of benzene rings is 1. The monoisotopic (exact) mass is 312 g/mol. The van der Waals surface area contributed by atoms with Gasteiger partial charge in [0.2, 0.25) is 0 Å². The van der Waals surface area contributed by atoms with Crippen LogP contribution in [0, 0.1) is 5.82 Å². The molecule has 0 saturated heterocycles. The number of unbranched alkanes of at least 4 members (excludes halogenated alkanes) is 1. The van der Waals surface area contributed by atoms with Gasteiger partial charge in [0.05, 0.1) is 5.69 Å². The number of thioether (sulfide) groups is 1. The van der Waals surface area contributed by atoms with Crippen molar-refractivity contribution in [1.29, 1.82) is 0 Å². The molecule has 108 valence electrons. The minimum Gasteiger partial charge on any atom is -0.397 e. The van der Waals surface area contributed by atoms with E-state index in [1.807, 2.05) is 0 Å². The van der Waals surface area contributed by atoms with Crippen molar-refractivity contribution in [3.63, 3.8) is 0 Å². The Morgan fingerprint density at radius 2 is 2.25 bits per heavy atom. The van der Waals surface area contributed by atoms with Gasteiger partial charge in [-0.2, -0.15) is 11.8 Å². The Kier molecular flexibility index (Phi) is 5.25. The maximum Gasteiger partial charge on any atom is 0.263 e. The summed E-state index contributed by atoms with van der Waals surface area (Å²) >= 11 is 3.10. The third kappa shape index (κ3) is 3.43. The lowest BCUT2D eigenvalue weighted by Gasteiger charge is -2.03. The zero-order valence-electron chi connectivity index (χ0n) is 11.2. The highest BCUT2D eigenvalue weighted by molar-refractivity contribution is 7.98. The minimum absolute atomic E-state index is 0.173. The third-order valence-electron chi connectivity index (χ3n) is 2.96. The quantitative estimate of drug-likeness (QED) is 0.803. The molecule has 3 nitrogen and oxygen atoms in total. The number of nitrogen functional groups attached to an aromatic ring is 1. The fraction of sp³-hybridized carbons (Fsp3) is 0.357. The number of nitrogens with two attached hydrogens (primary N) is 1. The molecule has 0 saturated carbocycles. The molecule has 0 aliphatic rings. The van der Waals surface area contributed by atoms with Gasteiger partial charge in [0.15, 0.2) is 0 Å². The number of hydrogen-bond acceptors (Lipinski definition) is 4. The fourth-order valence-electron chi connectivity index (χ4n) is 1.91. The molecule has 6 heteroatoms. The molecule has 0 atom stereocenters. The first kappa shape index (κ1) is 15.1. The van der Waals surface area contributed by atoms with Crippen LogP contribution < -0.4 is 11.1 Å². The molecule has 2 rings (SSSR count). The lowest BCUT2D eigenvalue weighted by molar-refractivity contribution is 0.0958. The van der Waals surface area contributed by atoms with Crippen LogP contribution in [-0.2, 0) is 0 Å². The van der Waals surface area contributed by atoms with E-state index in [4.69, 9.17) is 5.73 Å². The molecule has 1 heterocycles. The van der Waals surface area contributed by atoms with Gasteiger partial charge in [-0.3, -0.25) is 4.79 Å². The van der Waals surface area contributed by atoms with Crippen LogP contribution >= 0.6 is 23.1 Å². The average Bonchev–Trinajstić information content (AvgIpc) is 2.76. The van der Waals surface area contributed by atoms with Crippen LogP contribution in [0.25, 0.3) is 10.1 Å². The average molecular weight is 312 g/mol. The molecule has 0 fully saturated rings. The minimum atomic E-state index is -0.342. The molecular formula is C14H17FN2OS2. The normalized spacial score (nSPS) is 10.9. The van der Waals surface area contributed by atoms with E-state index in [0.29, 0.717) is 22.5 Å². The van der Waals surface area contributed by atoms with Crippen molar-refractivity contribution in [2.45, 2.75) is 12.8 Å². The van der Waals surface area contributed by atoms with Gasteiger partial charge >= 0.3 is 0 Å². The van der Waals surface area contributed by atoms with E-state index >= 15 is 0 Å². The molecule has 1 amide bonds. The molecular weight excluding hydrogens is 295 g/mol. The summed E-state index contributed by atoms with van der Waals surface area (Å²) in [6, 6.07) is 4.40. The van der Waals surface area contributed by atoms with Crippen molar-refractivity contribution in [2.75, 3.05) is 24.3 Å². The van der Waals surface area contributed by atoms with E-state index in [9.17, 15) is 9.18 Å². The van der Waals surface area contributed by atoms with Gasteiger partial charge in [-0.05, 0) is 43.0 Å². The van der Waals surface area contributed by atoms with Gasteiger partial charge in [-0.25, -0.2) is 4.39 Å². The van der Waals surface area contributed by atoms with Crippen LogP contribution in [0.4, 0.5) is 10.1 Å². The van der Waals surface area contributed by atoms with Crippen LogP contribution in [0.5, 0.6) is 0 Å². The first-order valence-corrected chi connectivity index (χ1v) is 8.59. The van der Waals surface area contributed by atoms with Crippen molar-refractivity contribution in [3.05, 3.63) is 28.9 Å². The molecule has 0 unspecified atom stereocenters. The standard InChI is InChI=1S/C14H17FN2OS2/c1-19-7-3-2-6-17-14(18)13-12(16)10-8-9(15)4-5-11(10)20-13/h4-5,8H,2-3,6-7,16H2,1H3,(H,17,18). The number of anilines is 1. The zero-order valence-corrected chi connectivity index (χ0v) is 12.9. The maximum atomic E-state index is 13.2. The number of rotatable bonds is 6. The molecule has 0 bridgehead atoms. The molecule has 1 aromatic carbocycles. The molecule has 1 aromatic heterocycles. The van der Waals surface area contributed by atoms with E-state index in [0.717, 1.165) is 23.3 Å². The van der Waals surface area contributed by atoms with Crippen molar-refractivity contribution >= 4 is 44.8 Å². The smallest absolute Gasteiger partial charge is 0.263 e. The summed E-state index contributed by atoms with van der Waals surface area (Å²) in [4.78, 5) is 12.5. The SMILES string of the molecule is CSCCCCNC(=O)c1sc2ccc(F)cc2c1N. The van der Waals surface area contributed by atoms with Crippen LogP contribution in [0.1, 0.15) is 22.5 Å². The molecule has 0 radical (unpaired) electrons. The summed E-state index contributed by atoms with van der Waals surface area (Å²) < 4.78 is 14.0. The predicted octanol–water partition coefficient (Wildman–Crippen LogP) is 3.50. The molecule has 3 N–H and O–H groups in total. The van der Waals surface area contributed by atoms with Crippen LogP contribution in [0.3, 0.4) is 0 Å². The number of fused-ring (bicyclic) bond motifs is 1. The van der Waals surface area contributed by atoms with Crippen LogP contribution in [0.15, 0.2) is 18.2 Å². The van der Waals surface area contributed by atoms with Gasteiger partial charge in [0, 0.05) is 16.6 Å². The third-order valence-corrected chi connectivity index (χ3v) is 4.84.